The van der Waals surface area contributed by atoms with E-state index in [1.807, 2.05) is 0 Å². The Morgan fingerprint density at radius 3 is 3.06 bits per heavy atom. The van der Waals surface area contributed by atoms with Crippen molar-refractivity contribution in [3.63, 3.8) is 0 Å². The number of halogens is 2. The van der Waals surface area contributed by atoms with Crippen LogP contribution in [0.25, 0.3) is 0 Å². The van der Waals surface area contributed by atoms with Crippen molar-refractivity contribution in [2.75, 3.05) is 20.2 Å². The van der Waals surface area contributed by atoms with E-state index in [2.05, 4.69) is 4.90 Å². The molecular formula is C13H15ClFNO2. The molecule has 0 amide bonds. The minimum absolute atomic E-state index is 0.0609. The van der Waals surface area contributed by atoms with Gasteiger partial charge in [0.05, 0.1) is 13.0 Å². The van der Waals surface area contributed by atoms with Crippen LogP contribution >= 0.6 is 11.6 Å². The first-order valence-corrected chi connectivity index (χ1v) is 6.22. The molecule has 2 rings (SSSR count). The van der Waals surface area contributed by atoms with Crippen LogP contribution in [0.5, 0.6) is 0 Å². The fraction of sp³-hybridized carbons (Fsp3) is 0.462. The van der Waals surface area contributed by atoms with Crippen LogP contribution in [0.1, 0.15) is 12.0 Å². The molecule has 1 saturated heterocycles. The zero-order valence-corrected chi connectivity index (χ0v) is 10.9. The zero-order valence-electron chi connectivity index (χ0n) is 10.2. The third kappa shape index (κ3) is 3.00. The van der Waals surface area contributed by atoms with Crippen LogP contribution < -0.4 is 0 Å². The number of carbonyl (C=O) groups is 1. The minimum Gasteiger partial charge on any atom is -0.469 e. The van der Waals surface area contributed by atoms with Crippen LogP contribution in [0, 0.1) is 11.7 Å². The molecule has 1 heterocycles. The Morgan fingerprint density at radius 2 is 2.39 bits per heavy atom. The molecule has 98 valence electrons. The second-order valence-electron chi connectivity index (χ2n) is 4.48. The summed E-state index contributed by atoms with van der Waals surface area (Å²) < 4.78 is 17.6. The van der Waals surface area contributed by atoms with Crippen LogP contribution in [0.2, 0.25) is 5.02 Å². The summed E-state index contributed by atoms with van der Waals surface area (Å²) in [5.74, 6) is -0.561. The number of ether oxygens (including phenoxy) is 1. The molecule has 1 unspecified atom stereocenters. The highest BCUT2D eigenvalue weighted by atomic mass is 35.5. The van der Waals surface area contributed by atoms with Crippen molar-refractivity contribution in [3.8, 4) is 0 Å². The number of rotatable bonds is 3. The first-order chi connectivity index (χ1) is 8.60. The van der Waals surface area contributed by atoms with Crippen molar-refractivity contribution in [1.29, 1.82) is 0 Å². The molecule has 1 aliphatic rings. The van der Waals surface area contributed by atoms with Crippen molar-refractivity contribution in [1.82, 2.24) is 4.90 Å². The predicted octanol–water partition coefficient (Wildman–Crippen LogP) is 2.47. The fourth-order valence-electron chi connectivity index (χ4n) is 2.23. The molecule has 18 heavy (non-hydrogen) atoms. The standard InChI is InChI=1S/C13H15ClFNO2/c1-18-13(17)10-4-5-16(8-10)7-9-2-3-11(15)6-12(9)14/h2-3,6,10H,4-5,7-8H2,1H3. The lowest BCUT2D eigenvalue weighted by molar-refractivity contribution is -0.144. The van der Waals surface area contributed by atoms with Gasteiger partial charge in [-0.3, -0.25) is 9.69 Å². The van der Waals surface area contributed by atoms with Gasteiger partial charge in [-0.1, -0.05) is 17.7 Å². The number of nitrogens with zero attached hydrogens (tertiary/aromatic N) is 1. The van der Waals surface area contributed by atoms with E-state index in [0.29, 0.717) is 18.1 Å². The third-order valence-electron chi connectivity index (χ3n) is 3.22. The van der Waals surface area contributed by atoms with Gasteiger partial charge in [0.2, 0.25) is 0 Å². The molecule has 0 aliphatic carbocycles. The number of benzene rings is 1. The minimum atomic E-state index is -0.336. The number of carbonyl (C=O) groups excluding carboxylic acids is 1. The molecule has 0 saturated carbocycles. The normalized spacial score (nSPS) is 20.1. The first kappa shape index (κ1) is 13.3. The molecule has 0 bridgehead atoms. The van der Waals surface area contributed by atoms with Crippen LogP contribution in [-0.4, -0.2) is 31.1 Å². The maximum atomic E-state index is 12.9. The highest BCUT2D eigenvalue weighted by Crippen LogP contribution is 2.23. The second-order valence-corrected chi connectivity index (χ2v) is 4.89. The summed E-state index contributed by atoms with van der Waals surface area (Å²) in [5.41, 5.74) is 0.878. The SMILES string of the molecule is COC(=O)C1CCN(Cc2ccc(F)cc2Cl)C1. The molecule has 1 fully saturated rings. The topological polar surface area (TPSA) is 29.5 Å². The Bertz CT molecular complexity index is 453. The monoisotopic (exact) mass is 271 g/mol. The molecule has 3 nitrogen and oxygen atoms in total. The highest BCUT2D eigenvalue weighted by Gasteiger charge is 2.29. The van der Waals surface area contributed by atoms with E-state index in [1.54, 1.807) is 6.07 Å². The smallest absolute Gasteiger partial charge is 0.310 e. The molecule has 1 aromatic carbocycles. The summed E-state index contributed by atoms with van der Waals surface area (Å²) in [5, 5.41) is 0.427. The second kappa shape index (κ2) is 5.67. The Hall–Kier alpha value is -1.13. The zero-order chi connectivity index (χ0) is 13.1. The summed E-state index contributed by atoms with van der Waals surface area (Å²) in [7, 11) is 1.40. The van der Waals surface area contributed by atoms with Crippen LogP contribution in [0.3, 0.4) is 0 Å². The Labute approximate surface area is 110 Å². The van der Waals surface area contributed by atoms with Gasteiger partial charge in [-0.2, -0.15) is 0 Å². The molecule has 1 aromatic rings. The quantitative estimate of drug-likeness (QED) is 0.791. The van der Waals surface area contributed by atoms with E-state index < -0.39 is 0 Å². The van der Waals surface area contributed by atoms with Gasteiger partial charge in [-0.05, 0) is 30.7 Å². The van der Waals surface area contributed by atoms with Gasteiger partial charge in [-0.15, -0.1) is 0 Å². The molecule has 0 N–H and O–H groups in total. The molecule has 0 radical (unpaired) electrons. The lowest BCUT2D eigenvalue weighted by Crippen LogP contribution is -2.23. The van der Waals surface area contributed by atoms with Gasteiger partial charge in [-0.25, -0.2) is 4.39 Å². The first-order valence-electron chi connectivity index (χ1n) is 5.84. The van der Waals surface area contributed by atoms with Gasteiger partial charge in [0.25, 0.3) is 0 Å². The van der Waals surface area contributed by atoms with Crippen molar-refractivity contribution >= 4 is 17.6 Å². The fourth-order valence-corrected chi connectivity index (χ4v) is 2.45. The van der Waals surface area contributed by atoms with E-state index in [1.165, 1.54) is 19.2 Å². The molecular weight excluding hydrogens is 257 g/mol. The lowest BCUT2D eigenvalue weighted by atomic mass is 10.1. The average Bonchev–Trinajstić information content (AvgIpc) is 2.80. The van der Waals surface area contributed by atoms with E-state index in [-0.39, 0.29) is 17.7 Å². The Kier molecular flexibility index (Phi) is 4.19. The van der Waals surface area contributed by atoms with Crippen LogP contribution in [0.15, 0.2) is 18.2 Å². The molecule has 1 atom stereocenters. The van der Waals surface area contributed by atoms with Gasteiger partial charge < -0.3 is 4.74 Å². The predicted molar refractivity (Wildman–Crippen MR) is 66.8 cm³/mol. The van der Waals surface area contributed by atoms with E-state index in [4.69, 9.17) is 16.3 Å². The third-order valence-corrected chi connectivity index (χ3v) is 3.57. The maximum absolute atomic E-state index is 12.9. The maximum Gasteiger partial charge on any atom is 0.310 e. The van der Waals surface area contributed by atoms with Crippen molar-refractivity contribution in [3.05, 3.63) is 34.6 Å². The van der Waals surface area contributed by atoms with Gasteiger partial charge in [0, 0.05) is 18.1 Å². The summed E-state index contributed by atoms with van der Waals surface area (Å²) in [6.45, 7) is 2.13. The van der Waals surface area contributed by atoms with Crippen LogP contribution in [0.4, 0.5) is 4.39 Å². The lowest BCUT2D eigenvalue weighted by Gasteiger charge is -2.16. The Morgan fingerprint density at radius 1 is 1.61 bits per heavy atom. The van der Waals surface area contributed by atoms with E-state index in [0.717, 1.165) is 18.5 Å². The summed E-state index contributed by atoms with van der Waals surface area (Å²) in [6, 6.07) is 4.39. The number of methoxy groups -OCH3 is 1. The average molecular weight is 272 g/mol. The molecule has 5 heteroatoms. The molecule has 1 aliphatic heterocycles. The van der Waals surface area contributed by atoms with E-state index in [9.17, 15) is 9.18 Å². The van der Waals surface area contributed by atoms with Gasteiger partial charge in [0.15, 0.2) is 0 Å². The van der Waals surface area contributed by atoms with E-state index >= 15 is 0 Å². The number of esters is 1. The summed E-state index contributed by atoms with van der Waals surface area (Å²) >= 11 is 5.98. The van der Waals surface area contributed by atoms with Gasteiger partial charge >= 0.3 is 5.97 Å². The Balaban J connectivity index is 1.97. The number of hydrogen-bond acceptors (Lipinski definition) is 3. The molecule has 0 aromatic heterocycles. The van der Waals surface area contributed by atoms with Crippen molar-refractivity contribution in [2.24, 2.45) is 5.92 Å². The van der Waals surface area contributed by atoms with Gasteiger partial charge in [0.1, 0.15) is 5.82 Å². The number of likely N-dealkylation sites (tertiary alicyclic amines) is 1. The van der Waals surface area contributed by atoms with Crippen molar-refractivity contribution < 1.29 is 13.9 Å². The number of hydrogen-bond donors (Lipinski definition) is 0. The van der Waals surface area contributed by atoms with Crippen LogP contribution in [-0.2, 0) is 16.1 Å². The molecule has 0 spiro atoms. The highest BCUT2D eigenvalue weighted by molar-refractivity contribution is 6.31. The largest absolute Gasteiger partial charge is 0.469 e. The summed E-state index contributed by atoms with van der Waals surface area (Å²) in [6.07, 6.45) is 0.797. The summed E-state index contributed by atoms with van der Waals surface area (Å²) in [4.78, 5) is 13.5. The van der Waals surface area contributed by atoms with Crippen molar-refractivity contribution in [2.45, 2.75) is 13.0 Å².